The van der Waals surface area contributed by atoms with Crippen molar-refractivity contribution in [1.82, 2.24) is 19.9 Å². The van der Waals surface area contributed by atoms with Gasteiger partial charge < -0.3 is 20.8 Å². The van der Waals surface area contributed by atoms with Crippen LogP contribution in [0.1, 0.15) is 12.6 Å². The lowest BCUT2D eigenvalue weighted by Gasteiger charge is -2.44. The van der Waals surface area contributed by atoms with Gasteiger partial charge in [-0.15, -0.1) is 22.9 Å². The van der Waals surface area contributed by atoms with Gasteiger partial charge in [-0.2, -0.15) is 8.42 Å². The molecule has 1 aliphatic heterocycles. The lowest BCUT2D eigenvalue weighted by atomic mass is 9.98. The zero-order valence-corrected chi connectivity index (χ0v) is 18.4. The summed E-state index contributed by atoms with van der Waals surface area (Å²) in [6.45, 7) is 0.811. The number of β-lactam (4-membered cyclic amide) rings is 1. The van der Waals surface area contributed by atoms with E-state index >= 15 is 0 Å². The van der Waals surface area contributed by atoms with Crippen LogP contribution < -0.4 is 16.0 Å². The van der Waals surface area contributed by atoms with Gasteiger partial charge in [0.15, 0.2) is 10.8 Å². The maximum absolute atomic E-state index is 12.7. The second-order valence-electron chi connectivity index (χ2n) is 5.91. The van der Waals surface area contributed by atoms with Gasteiger partial charge >= 0.3 is 10.3 Å². The van der Waals surface area contributed by atoms with Gasteiger partial charge in [0.25, 0.3) is 11.8 Å². The number of aromatic nitrogens is 1. The Bertz CT molecular complexity index is 1030. The Hall–Kier alpha value is -2.82. The summed E-state index contributed by atoms with van der Waals surface area (Å²) in [4.78, 5) is 56.0. The highest BCUT2D eigenvalue weighted by molar-refractivity contribution is 7.84. The summed E-state index contributed by atoms with van der Waals surface area (Å²) >= 11 is 6.37. The number of hydrogen-bond donors (Lipinski definition) is 4. The normalized spacial score (nSPS) is 18.8. The number of carbonyl (C=O) groups excluding carboxylic acids is 4. The summed E-state index contributed by atoms with van der Waals surface area (Å²) in [5.41, 5.74) is -0.382. The third-order valence-electron chi connectivity index (χ3n) is 3.78. The van der Waals surface area contributed by atoms with E-state index in [0.717, 1.165) is 25.4 Å². The van der Waals surface area contributed by atoms with Gasteiger partial charge in [-0.05, 0) is 0 Å². The topological polar surface area (TPSA) is 196 Å². The van der Waals surface area contributed by atoms with Crippen LogP contribution in [-0.2, 0) is 34.3 Å². The molecule has 2 unspecified atom stereocenters. The molecule has 2 heterocycles. The fourth-order valence-electron chi connectivity index (χ4n) is 2.51. The van der Waals surface area contributed by atoms with Gasteiger partial charge in [0.05, 0.1) is 6.04 Å². The van der Waals surface area contributed by atoms with Crippen LogP contribution >= 0.6 is 22.9 Å². The second kappa shape index (κ2) is 9.99. The van der Waals surface area contributed by atoms with Crippen LogP contribution in [0.3, 0.4) is 0 Å². The lowest BCUT2D eigenvalue weighted by Crippen LogP contribution is -2.74. The monoisotopic (exact) mass is 496 g/mol. The Morgan fingerprint density at radius 3 is 2.65 bits per heavy atom. The fraction of sp³-hybridized carbons (Fsp3) is 0.429. The molecule has 17 heteroatoms. The molecule has 4 N–H and O–H groups in total. The minimum atomic E-state index is -4.91. The first kappa shape index (κ1) is 24.4. The summed E-state index contributed by atoms with van der Waals surface area (Å²) in [5.74, 6) is -3.42. The van der Waals surface area contributed by atoms with Crippen molar-refractivity contribution >= 4 is 67.7 Å². The molecule has 0 bridgehead atoms. The number of anilines is 1. The highest BCUT2D eigenvalue weighted by Crippen LogP contribution is 2.24. The van der Waals surface area contributed by atoms with E-state index in [1.807, 2.05) is 0 Å². The molecule has 14 nitrogen and oxygen atoms in total. The quantitative estimate of drug-likeness (QED) is 0.101. The Morgan fingerprint density at radius 2 is 2.10 bits per heavy atom. The van der Waals surface area contributed by atoms with E-state index in [-0.39, 0.29) is 33.3 Å². The van der Waals surface area contributed by atoms with Crippen molar-refractivity contribution in [3.05, 3.63) is 11.1 Å². The van der Waals surface area contributed by atoms with Crippen LogP contribution in [0.2, 0.25) is 0 Å². The lowest BCUT2D eigenvalue weighted by molar-refractivity contribution is -0.145. The number of oxime groups is 1. The fourth-order valence-corrected chi connectivity index (χ4v) is 4.17. The number of halogens is 1. The first-order valence-corrected chi connectivity index (χ1v) is 11.1. The Morgan fingerprint density at radius 1 is 1.42 bits per heavy atom. The van der Waals surface area contributed by atoms with Crippen molar-refractivity contribution in [2.24, 2.45) is 5.16 Å². The average molecular weight is 497 g/mol. The maximum Gasteiger partial charge on any atom is 0.362 e. The van der Waals surface area contributed by atoms with Crippen LogP contribution in [0.5, 0.6) is 0 Å². The van der Waals surface area contributed by atoms with Gasteiger partial charge in [-0.3, -0.25) is 23.7 Å². The molecule has 1 aromatic heterocycles. The van der Waals surface area contributed by atoms with Crippen molar-refractivity contribution in [3.8, 4) is 0 Å². The summed E-state index contributed by atoms with van der Waals surface area (Å²) < 4.78 is 32.2. The predicted molar refractivity (Wildman–Crippen MR) is 108 cm³/mol. The molecule has 1 fully saturated rings. The van der Waals surface area contributed by atoms with Gasteiger partial charge in [0.1, 0.15) is 24.7 Å². The number of rotatable bonds is 9. The number of alkyl halides is 1. The van der Waals surface area contributed by atoms with Gasteiger partial charge in [0.2, 0.25) is 11.8 Å². The Labute approximate surface area is 184 Å². The second-order valence-corrected chi connectivity index (χ2v) is 8.32. The molecule has 0 saturated carbocycles. The molecule has 0 aromatic carbocycles. The van der Waals surface area contributed by atoms with Crippen LogP contribution in [0.25, 0.3) is 0 Å². The zero-order valence-electron chi connectivity index (χ0n) is 16.0. The number of hydrogen-bond acceptors (Lipinski definition) is 10. The molecule has 0 radical (unpaired) electrons. The molecule has 2 atom stereocenters. The molecule has 31 heavy (non-hydrogen) atoms. The molecular weight excluding hydrogens is 480 g/mol. The third-order valence-corrected chi connectivity index (χ3v) is 5.73. The molecule has 2 rings (SSSR count). The van der Waals surface area contributed by atoms with Gasteiger partial charge in [-0.1, -0.05) is 5.16 Å². The van der Waals surface area contributed by atoms with Gasteiger partial charge in [0, 0.05) is 18.8 Å². The van der Waals surface area contributed by atoms with Crippen molar-refractivity contribution < 1.29 is 37.0 Å². The number of amides is 4. The standard InChI is InChI=1S/C14H17ClN6O8S2/c1-6(22)16-4-8-11(13(25)21(8)31(26,27)28)19-12(24)10(20-29-2)7-5-30-14(17-7)18-9(23)3-15/h5,8,11H,3-4H2,1-2H3,(H,16,22)(H,19,24)(H,17,18,23)(H,26,27,28)/b20-10-. The summed E-state index contributed by atoms with van der Waals surface area (Å²) in [5, 5.41) is 12.0. The van der Waals surface area contributed by atoms with Crippen LogP contribution in [-0.4, -0.2) is 83.2 Å². The molecule has 0 aliphatic carbocycles. The first-order valence-electron chi connectivity index (χ1n) is 8.28. The largest absolute Gasteiger partial charge is 0.398 e. The van der Waals surface area contributed by atoms with Crippen molar-refractivity contribution in [2.75, 3.05) is 24.9 Å². The molecular formula is C14H17ClN6O8S2. The Kier molecular flexibility index (Phi) is 7.88. The molecule has 1 saturated heterocycles. The molecule has 4 amide bonds. The number of nitrogens with zero attached hydrogens (tertiary/aromatic N) is 3. The minimum Gasteiger partial charge on any atom is -0.398 e. The SMILES string of the molecule is CO/N=C(\C(=O)NC1C(=O)N(S(=O)(=O)O)C1CNC(C)=O)c1csc(NC(=O)CCl)n1. The van der Waals surface area contributed by atoms with E-state index in [1.54, 1.807) is 0 Å². The molecule has 0 spiro atoms. The third kappa shape index (κ3) is 5.87. The zero-order chi connectivity index (χ0) is 23.3. The number of thiazole rings is 1. The van der Waals surface area contributed by atoms with E-state index in [9.17, 15) is 32.1 Å². The van der Waals surface area contributed by atoms with E-state index in [0.29, 0.717) is 0 Å². The Balaban J connectivity index is 2.21. The van der Waals surface area contributed by atoms with Crippen molar-refractivity contribution in [1.29, 1.82) is 0 Å². The summed E-state index contributed by atoms with van der Waals surface area (Å²) in [7, 11) is -3.75. The maximum atomic E-state index is 12.7. The smallest absolute Gasteiger partial charge is 0.362 e. The highest BCUT2D eigenvalue weighted by atomic mass is 35.5. The van der Waals surface area contributed by atoms with E-state index < -0.39 is 46.0 Å². The molecule has 1 aromatic rings. The minimum absolute atomic E-state index is 0.00829. The van der Waals surface area contributed by atoms with E-state index in [1.165, 1.54) is 5.38 Å². The average Bonchev–Trinajstić information content (AvgIpc) is 3.13. The van der Waals surface area contributed by atoms with E-state index in [4.69, 9.17) is 11.6 Å². The molecule has 1 aliphatic rings. The summed E-state index contributed by atoms with van der Waals surface area (Å²) in [6, 6.07) is -2.66. The van der Waals surface area contributed by atoms with Crippen molar-refractivity contribution in [2.45, 2.75) is 19.0 Å². The number of carbonyl (C=O) groups is 4. The first-order chi connectivity index (χ1) is 14.5. The highest BCUT2D eigenvalue weighted by Gasteiger charge is 2.54. The van der Waals surface area contributed by atoms with E-state index in [2.05, 4.69) is 30.9 Å². The van der Waals surface area contributed by atoms with Crippen LogP contribution in [0.4, 0.5) is 5.13 Å². The van der Waals surface area contributed by atoms with Crippen molar-refractivity contribution in [3.63, 3.8) is 0 Å². The summed E-state index contributed by atoms with van der Waals surface area (Å²) in [6.07, 6.45) is 0. The molecule has 170 valence electrons. The number of nitrogens with one attached hydrogen (secondary N) is 3. The predicted octanol–water partition coefficient (Wildman–Crippen LogP) is -1.69. The van der Waals surface area contributed by atoms with Crippen LogP contribution in [0, 0.1) is 0 Å². The van der Waals surface area contributed by atoms with Crippen LogP contribution in [0.15, 0.2) is 10.5 Å². The van der Waals surface area contributed by atoms with Gasteiger partial charge in [-0.25, -0.2) is 9.29 Å².